The first-order chi connectivity index (χ1) is 7.60. The molecule has 0 heterocycles. The third-order valence-corrected chi connectivity index (χ3v) is 4.80. The summed E-state index contributed by atoms with van der Waals surface area (Å²) in [5.41, 5.74) is 0. The Morgan fingerprint density at radius 1 is 1.62 bits per heavy atom. The number of ether oxygens (including phenoxy) is 1. The van der Waals surface area contributed by atoms with Crippen LogP contribution in [-0.2, 0) is 22.7 Å². The van der Waals surface area contributed by atoms with E-state index in [9.17, 15) is 9.36 Å². The van der Waals surface area contributed by atoms with Gasteiger partial charge < -0.3 is 9.16 Å². The van der Waals surface area contributed by atoms with E-state index in [0.717, 1.165) is 6.08 Å². The molecule has 0 aliphatic carbocycles. The van der Waals surface area contributed by atoms with Crippen molar-refractivity contribution in [3.05, 3.63) is 12.7 Å². The van der Waals surface area contributed by atoms with Crippen LogP contribution in [0.3, 0.4) is 0 Å². The third kappa shape index (κ3) is 8.69. The summed E-state index contributed by atoms with van der Waals surface area (Å²) in [6, 6.07) is 0.514. The molecule has 0 amide bonds. The van der Waals surface area contributed by atoms with Crippen molar-refractivity contribution in [1.82, 2.24) is 0 Å². The second-order valence-corrected chi connectivity index (χ2v) is 5.83. The molecule has 0 spiro atoms. The molecule has 0 bridgehead atoms. The van der Waals surface area contributed by atoms with Crippen LogP contribution in [0.4, 0.5) is 0 Å². The molecule has 0 fully saturated rings. The highest BCUT2D eigenvalue weighted by atomic mass is 31.1. The molecule has 0 saturated carbocycles. The van der Waals surface area contributed by atoms with Crippen LogP contribution in [0.2, 0.25) is 6.04 Å². The highest BCUT2D eigenvalue weighted by Crippen LogP contribution is 2.19. The molecule has 6 nitrogen and oxygen atoms in total. The predicted molar refractivity (Wildman–Crippen MR) is 60.3 cm³/mol. The second-order valence-electron chi connectivity index (χ2n) is 2.74. The normalized spacial score (nSPS) is 13.0. The van der Waals surface area contributed by atoms with Crippen LogP contribution in [-0.4, -0.2) is 33.4 Å². The Morgan fingerprint density at radius 2 is 2.31 bits per heavy atom. The van der Waals surface area contributed by atoms with Gasteiger partial charge in [-0.05, 0) is 19.4 Å². The number of carbonyl (C=O) groups excluding carboxylic acids is 1. The highest BCUT2D eigenvalue weighted by molar-refractivity contribution is 7.33. The molecule has 16 heavy (non-hydrogen) atoms. The Bertz CT molecular complexity index is 247. The smallest absolute Gasteiger partial charge is 0.463 e. The quantitative estimate of drug-likeness (QED) is 0.221. The van der Waals surface area contributed by atoms with Gasteiger partial charge in [0.25, 0.3) is 0 Å². The van der Waals surface area contributed by atoms with Gasteiger partial charge in [0.1, 0.15) is 0 Å². The van der Waals surface area contributed by atoms with Crippen LogP contribution >= 0.6 is 8.25 Å². The Hall–Kier alpha value is -0.593. The van der Waals surface area contributed by atoms with Gasteiger partial charge in [0.2, 0.25) is 0 Å². The first kappa shape index (κ1) is 15.4. The molecule has 0 rings (SSSR count). The van der Waals surface area contributed by atoms with E-state index in [-0.39, 0.29) is 6.61 Å². The summed E-state index contributed by atoms with van der Waals surface area (Å²) in [4.78, 5) is 19.3. The number of rotatable bonds is 9. The van der Waals surface area contributed by atoms with Crippen molar-refractivity contribution in [3.8, 4) is 0 Å². The van der Waals surface area contributed by atoms with Crippen molar-refractivity contribution in [1.29, 1.82) is 0 Å². The largest absolute Gasteiger partial charge is 0.685 e. The zero-order valence-electron chi connectivity index (χ0n) is 9.13. The SMILES string of the molecule is C=CC(=O)OCCC[SiH](OCC)O[P+](=O)O. The molecular weight excluding hydrogens is 251 g/mol. The van der Waals surface area contributed by atoms with E-state index in [0.29, 0.717) is 19.1 Å². The zero-order valence-corrected chi connectivity index (χ0v) is 11.2. The van der Waals surface area contributed by atoms with Crippen molar-refractivity contribution in [2.24, 2.45) is 0 Å². The molecule has 0 aromatic rings. The Labute approximate surface area is 97.0 Å². The monoisotopic (exact) mass is 267 g/mol. The van der Waals surface area contributed by atoms with Gasteiger partial charge in [-0.2, -0.15) is 0 Å². The van der Waals surface area contributed by atoms with Crippen LogP contribution in [0.15, 0.2) is 12.7 Å². The fraction of sp³-hybridized carbons (Fsp3) is 0.625. The molecule has 92 valence electrons. The van der Waals surface area contributed by atoms with E-state index in [1.54, 1.807) is 6.92 Å². The minimum atomic E-state index is -2.62. The zero-order chi connectivity index (χ0) is 12.4. The van der Waals surface area contributed by atoms with Gasteiger partial charge in [0.05, 0.1) is 6.61 Å². The van der Waals surface area contributed by atoms with Gasteiger partial charge in [-0.3, -0.25) is 0 Å². The van der Waals surface area contributed by atoms with Crippen LogP contribution in [0.1, 0.15) is 13.3 Å². The average Bonchev–Trinajstić information content (AvgIpc) is 2.23. The fourth-order valence-corrected chi connectivity index (χ4v) is 3.44. The summed E-state index contributed by atoms with van der Waals surface area (Å²) in [6.45, 7) is 5.71. The Balaban J connectivity index is 3.70. The molecule has 0 aliphatic heterocycles. The van der Waals surface area contributed by atoms with Crippen LogP contribution < -0.4 is 0 Å². The van der Waals surface area contributed by atoms with Crippen LogP contribution in [0.5, 0.6) is 0 Å². The average molecular weight is 267 g/mol. The van der Waals surface area contributed by atoms with E-state index >= 15 is 0 Å². The fourth-order valence-electron chi connectivity index (χ4n) is 0.935. The number of hydrogen-bond donors (Lipinski definition) is 1. The van der Waals surface area contributed by atoms with E-state index in [1.807, 2.05) is 0 Å². The minimum Gasteiger partial charge on any atom is -0.463 e. The van der Waals surface area contributed by atoms with Crippen molar-refractivity contribution >= 4 is 23.5 Å². The molecule has 0 saturated heterocycles. The topological polar surface area (TPSA) is 82.1 Å². The van der Waals surface area contributed by atoms with Crippen LogP contribution in [0, 0.1) is 0 Å². The maximum absolute atomic E-state index is 10.7. The number of esters is 1. The van der Waals surface area contributed by atoms with Crippen molar-refractivity contribution in [2.75, 3.05) is 13.2 Å². The number of hydrogen-bond acceptors (Lipinski definition) is 5. The summed E-state index contributed by atoms with van der Waals surface area (Å²) in [5, 5.41) is 0. The summed E-state index contributed by atoms with van der Waals surface area (Å²) in [5.74, 6) is -0.483. The summed E-state index contributed by atoms with van der Waals surface area (Å²) in [6.07, 6.45) is 1.62. The number of carbonyl (C=O) groups is 1. The van der Waals surface area contributed by atoms with Crippen molar-refractivity contribution in [3.63, 3.8) is 0 Å². The lowest BCUT2D eigenvalue weighted by Gasteiger charge is -2.07. The molecule has 2 unspecified atom stereocenters. The maximum atomic E-state index is 10.7. The first-order valence-corrected chi connectivity index (χ1v) is 7.72. The van der Waals surface area contributed by atoms with Gasteiger partial charge in [-0.1, -0.05) is 6.58 Å². The van der Waals surface area contributed by atoms with E-state index in [4.69, 9.17) is 18.3 Å². The molecule has 2 atom stereocenters. The van der Waals surface area contributed by atoms with Gasteiger partial charge in [0.15, 0.2) is 0 Å². The lowest BCUT2D eigenvalue weighted by molar-refractivity contribution is -0.137. The van der Waals surface area contributed by atoms with Crippen molar-refractivity contribution < 1.29 is 27.6 Å². The van der Waals surface area contributed by atoms with Gasteiger partial charge in [-0.15, -0.1) is 9.11 Å². The Kier molecular flexibility index (Phi) is 9.26. The molecule has 0 aromatic heterocycles. The van der Waals surface area contributed by atoms with E-state index in [1.165, 1.54) is 0 Å². The van der Waals surface area contributed by atoms with Crippen LogP contribution in [0.25, 0.3) is 0 Å². The summed E-state index contributed by atoms with van der Waals surface area (Å²) < 4.78 is 25.1. The van der Waals surface area contributed by atoms with Crippen molar-refractivity contribution in [2.45, 2.75) is 19.4 Å². The molecular formula is C8H16O6PSi+. The molecule has 8 heteroatoms. The van der Waals surface area contributed by atoms with Gasteiger partial charge in [-0.25, -0.2) is 4.79 Å². The molecule has 1 N–H and O–H groups in total. The second kappa shape index (κ2) is 9.62. The summed E-state index contributed by atoms with van der Waals surface area (Å²) in [7, 11) is -4.74. The van der Waals surface area contributed by atoms with Gasteiger partial charge in [0, 0.05) is 17.2 Å². The van der Waals surface area contributed by atoms with E-state index < -0.39 is 23.5 Å². The van der Waals surface area contributed by atoms with Gasteiger partial charge >= 0.3 is 23.5 Å². The molecule has 0 aliphatic rings. The third-order valence-electron chi connectivity index (χ3n) is 1.56. The lowest BCUT2D eigenvalue weighted by Crippen LogP contribution is -2.20. The summed E-state index contributed by atoms with van der Waals surface area (Å²) >= 11 is 0. The standard InChI is InChI=1S/C8H15O6PSi/c1-3-8(9)12-6-5-7-16(13-4-2)14-15(10)11/h3,16H,1,4-7H2,2H3/p+1. The van der Waals surface area contributed by atoms with E-state index in [2.05, 4.69) is 6.58 Å². The lowest BCUT2D eigenvalue weighted by atomic mass is 10.5. The maximum Gasteiger partial charge on any atom is 0.685 e. The minimum absolute atomic E-state index is 0.229. The predicted octanol–water partition coefficient (Wildman–Crippen LogP) is 1.03. The molecule has 0 radical (unpaired) electrons. The Morgan fingerprint density at radius 3 is 2.81 bits per heavy atom. The highest BCUT2D eigenvalue weighted by Gasteiger charge is 2.25. The first-order valence-electron chi connectivity index (χ1n) is 4.83. The molecule has 0 aromatic carbocycles.